The Bertz CT molecular complexity index is 860. The number of hydrogen-bond donors (Lipinski definition) is 6. The van der Waals surface area contributed by atoms with Gasteiger partial charge in [-0.25, -0.2) is 0 Å². The molecule has 0 aromatic carbocycles. The highest BCUT2D eigenvalue weighted by atomic mass is 16.3. The summed E-state index contributed by atoms with van der Waals surface area (Å²) in [5.74, 6) is -0.948. The summed E-state index contributed by atoms with van der Waals surface area (Å²) in [7, 11) is 0. The van der Waals surface area contributed by atoms with Gasteiger partial charge in [0.05, 0.1) is 35.1 Å². The molecule has 0 heterocycles. The van der Waals surface area contributed by atoms with Crippen LogP contribution in [-0.2, 0) is 4.79 Å². The molecule has 3 fully saturated rings. The van der Waals surface area contributed by atoms with Crippen LogP contribution in [0.15, 0.2) is 11.6 Å². The van der Waals surface area contributed by atoms with E-state index in [-0.39, 0.29) is 36.4 Å². The summed E-state index contributed by atoms with van der Waals surface area (Å²) in [4.78, 5) is 13.2. The summed E-state index contributed by atoms with van der Waals surface area (Å²) >= 11 is 0. The Labute approximate surface area is 202 Å². The van der Waals surface area contributed by atoms with E-state index in [9.17, 15) is 35.4 Å². The largest absolute Gasteiger partial charge is 0.390 e. The third-order valence-corrected chi connectivity index (χ3v) is 10.5. The van der Waals surface area contributed by atoms with Crippen molar-refractivity contribution in [3.8, 4) is 0 Å². The van der Waals surface area contributed by atoms with E-state index in [1.165, 1.54) is 0 Å². The fraction of sp³-hybridized carbons (Fsp3) is 0.889. The van der Waals surface area contributed by atoms with Gasteiger partial charge in [-0.3, -0.25) is 4.79 Å². The lowest BCUT2D eigenvalue weighted by atomic mass is 9.45. The summed E-state index contributed by atoms with van der Waals surface area (Å²) in [6, 6.07) is 0. The lowest BCUT2D eigenvalue weighted by molar-refractivity contribution is -0.177. The average molecular weight is 481 g/mol. The minimum absolute atomic E-state index is 0.0840. The molecule has 10 atom stereocenters. The first-order valence-electron chi connectivity index (χ1n) is 12.9. The van der Waals surface area contributed by atoms with Gasteiger partial charge in [0.1, 0.15) is 0 Å². The molecule has 34 heavy (non-hydrogen) atoms. The maximum Gasteiger partial charge on any atom is 0.159 e. The third kappa shape index (κ3) is 3.73. The zero-order chi connectivity index (χ0) is 25.5. The first-order valence-corrected chi connectivity index (χ1v) is 12.9. The first-order chi connectivity index (χ1) is 15.5. The second-order valence-electron chi connectivity index (χ2n) is 13.2. The highest BCUT2D eigenvalue weighted by molar-refractivity contribution is 5.95. The lowest BCUT2D eigenvalue weighted by Crippen LogP contribution is -2.62. The van der Waals surface area contributed by atoms with Crippen LogP contribution in [-0.4, -0.2) is 71.5 Å². The SMILES string of the molecule is CC(C)(O)CCC(O)[C@@](C)(O)C1CCC2(O)C3=CC(=O)[C@@H]4C[C@@H](O)[C@@H](O)C[C@]4(C)C3CC[C@]12C. The zero-order valence-corrected chi connectivity index (χ0v) is 21.3. The Hall–Kier alpha value is -0.830. The minimum atomic E-state index is -1.46. The van der Waals surface area contributed by atoms with Crippen molar-refractivity contribution >= 4 is 5.78 Å². The zero-order valence-electron chi connectivity index (χ0n) is 21.3. The number of carbonyl (C=O) groups is 1. The van der Waals surface area contributed by atoms with Gasteiger partial charge in [0.2, 0.25) is 0 Å². The van der Waals surface area contributed by atoms with Gasteiger partial charge in [-0.05, 0) is 101 Å². The van der Waals surface area contributed by atoms with E-state index in [2.05, 4.69) is 0 Å². The molecule has 7 nitrogen and oxygen atoms in total. The molecule has 0 radical (unpaired) electrons. The van der Waals surface area contributed by atoms with Gasteiger partial charge in [0.15, 0.2) is 5.78 Å². The van der Waals surface area contributed by atoms with E-state index >= 15 is 0 Å². The molecule has 0 aliphatic heterocycles. The average Bonchev–Trinajstić information content (AvgIpc) is 3.00. The number of allylic oxidation sites excluding steroid dienone is 1. The number of aliphatic hydroxyl groups excluding tert-OH is 3. The van der Waals surface area contributed by atoms with E-state index in [0.717, 1.165) is 0 Å². The van der Waals surface area contributed by atoms with Crippen LogP contribution in [0.1, 0.15) is 86.0 Å². The van der Waals surface area contributed by atoms with Crippen molar-refractivity contribution in [3.05, 3.63) is 11.6 Å². The second kappa shape index (κ2) is 8.09. The number of fused-ring (bicyclic) bond motifs is 5. The molecule has 6 N–H and O–H groups in total. The van der Waals surface area contributed by atoms with Gasteiger partial charge in [-0.15, -0.1) is 0 Å². The van der Waals surface area contributed by atoms with Crippen LogP contribution in [0, 0.1) is 28.6 Å². The van der Waals surface area contributed by atoms with Crippen LogP contribution in [0.3, 0.4) is 0 Å². The Kier molecular flexibility index (Phi) is 6.24. The van der Waals surface area contributed by atoms with E-state index in [1.807, 2.05) is 13.8 Å². The smallest absolute Gasteiger partial charge is 0.159 e. The normalized spacial score (nSPS) is 47.2. The van der Waals surface area contributed by atoms with Crippen LogP contribution in [0.2, 0.25) is 0 Å². The van der Waals surface area contributed by atoms with Crippen LogP contribution >= 0.6 is 0 Å². The van der Waals surface area contributed by atoms with Gasteiger partial charge in [0, 0.05) is 11.3 Å². The van der Waals surface area contributed by atoms with Gasteiger partial charge in [-0.1, -0.05) is 13.8 Å². The molecule has 0 amide bonds. The molecule has 7 heteroatoms. The number of hydrogen-bond acceptors (Lipinski definition) is 7. The topological polar surface area (TPSA) is 138 Å². The van der Waals surface area contributed by atoms with E-state index in [0.29, 0.717) is 44.1 Å². The van der Waals surface area contributed by atoms with Crippen molar-refractivity contribution < 1.29 is 35.4 Å². The Morgan fingerprint density at radius 2 is 1.71 bits per heavy atom. The molecule has 194 valence electrons. The Morgan fingerprint density at radius 1 is 1.06 bits per heavy atom. The van der Waals surface area contributed by atoms with Crippen LogP contribution in [0.5, 0.6) is 0 Å². The fourth-order valence-corrected chi connectivity index (χ4v) is 8.32. The molecule has 3 saturated carbocycles. The van der Waals surface area contributed by atoms with Gasteiger partial charge < -0.3 is 30.6 Å². The van der Waals surface area contributed by atoms with Crippen molar-refractivity contribution in [1.82, 2.24) is 0 Å². The molecule has 0 spiro atoms. The maximum atomic E-state index is 13.2. The fourth-order valence-electron chi connectivity index (χ4n) is 8.32. The molecular formula is C27H44O7. The van der Waals surface area contributed by atoms with Crippen molar-refractivity contribution in [1.29, 1.82) is 0 Å². The molecule has 4 unspecified atom stereocenters. The lowest BCUT2D eigenvalue weighted by Gasteiger charge is -2.60. The van der Waals surface area contributed by atoms with Crippen molar-refractivity contribution in [3.63, 3.8) is 0 Å². The summed E-state index contributed by atoms with van der Waals surface area (Å²) in [6.45, 7) is 8.96. The number of carbonyl (C=O) groups excluding carboxylic acids is 1. The van der Waals surface area contributed by atoms with E-state index < -0.39 is 45.9 Å². The highest BCUT2D eigenvalue weighted by Crippen LogP contribution is 2.68. The Balaban J connectivity index is 1.66. The van der Waals surface area contributed by atoms with Crippen molar-refractivity contribution in [2.24, 2.45) is 28.6 Å². The van der Waals surface area contributed by atoms with Crippen molar-refractivity contribution in [2.45, 2.75) is 121 Å². The quantitative estimate of drug-likeness (QED) is 0.353. The second-order valence-corrected chi connectivity index (χ2v) is 13.2. The van der Waals surface area contributed by atoms with E-state index in [4.69, 9.17) is 0 Å². The summed E-state index contributed by atoms with van der Waals surface area (Å²) in [5, 5.41) is 65.5. The summed E-state index contributed by atoms with van der Waals surface area (Å²) in [5.41, 5.74) is -4.27. The summed E-state index contributed by atoms with van der Waals surface area (Å²) < 4.78 is 0. The molecule has 0 bridgehead atoms. The van der Waals surface area contributed by atoms with Crippen molar-refractivity contribution in [2.75, 3.05) is 0 Å². The molecule has 4 aliphatic rings. The molecule has 0 saturated heterocycles. The molecular weight excluding hydrogens is 436 g/mol. The minimum Gasteiger partial charge on any atom is -0.390 e. The van der Waals surface area contributed by atoms with Gasteiger partial charge in [-0.2, -0.15) is 0 Å². The van der Waals surface area contributed by atoms with Crippen LogP contribution < -0.4 is 0 Å². The van der Waals surface area contributed by atoms with Crippen LogP contribution in [0.25, 0.3) is 0 Å². The number of ketones is 1. The third-order valence-electron chi connectivity index (χ3n) is 10.5. The summed E-state index contributed by atoms with van der Waals surface area (Å²) in [6.07, 6.45) is 2.11. The monoisotopic (exact) mass is 480 g/mol. The maximum absolute atomic E-state index is 13.2. The van der Waals surface area contributed by atoms with E-state index in [1.54, 1.807) is 26.8 Å². The first kappa shape index (κ1) is 26.2. The van der Waals surface area contributed by atoms with Gasteiger partial charge in [0.25, 0.3) is 0 Å². The predicted octanol–water partition coefficient (Wildman–Crippen LogP) is 1.85. The highest BCUT2D eigenvalue weighted by Gasteiger charge is 2.69. The number of rotatable bonds is 5. The molecule has 0 aromatic rings. The molecule has 4 rings (SSSR count). The Morgan fingerprint density at radius 3 is 2.32 bits per heavy atom. The van der Waals surface area contributed by atoms with Crippen LogP contribution in [0.4, 0.5) is 0 Å². The molecule has 4 aliphatic carbocycles. The standard InChI is InChI=1S/C27H44O7/c1-23(2,32)9-8-22(31)26(5,33)21-7-11-27(34)16-12-18(28)17-13-19(29)20(30)14-24(17,3)15(16)6-10-25(21,27)4/h12,15,17,19-22,29-34H,6-11,13-14H2,1-5H3/t15?,17-,19+,20-,21?,22?,24+,25+,26-,27?/m0/s1. The molecule has 0 aromatic heterocycles. The van der Waals surface area contributed by atoms with Gasteiger partial charge >= 0.3 is 0 Å². The number of aliphatic hydroxyl groups is 6. The predicted molar refractivity (Wildman–Crippen MR) is 127 cm³/mol.